The van der Waals surface area contributed by atoms with E-state index in [1.165, 1.54) is 32.1 Å². The largest absolute Gasteiger partial charge is 0.316 e. The van der Waals surface area contributed by atoms with Crippen molar-refractivity contribution in [1.82, 2.24) is 0 Å². The third-order valence-electron chi connectivity index (χ3n) is 2.52. The van der Waals surface area contributed by atoms with Crippen LogP contribution in [0.25, 0.3) is 4.85 Å². The highest BCUT2D eigenvalue weighted by molar-refractivity contribution is 4.84. The second-order valence-electron chi connectivity index (χ2n) is 3.69. The van der Waals surface area contributed by atoms with Gasteiger partial charge in [-0.05, 0) is 12.8 Å². The van der Waals surface area contributed by atoms with Gasteiger partial charge in [0.25, 0.3) is 0 Å². The van der Waals surface area contributed by atoms with E-state index in [-0.39, 0.29) is 0 Å². The van der Waals surface area contributed by atoms with E-state index >= 15 is 0 Å². The van der Waals surface area contributed by atoms with E-state index in [4.69, 9.17) is 6.57 Å². The van der Waals surface area contributed by atoms with E-state index in [1.807, 2.05) is 0 Å². The fourth-order valence-electron chi connectivity index (χ4n) is 1.75. The fourth-order valence-corrected chi connectivity index (χ4v) is 1.75. The molecular formula is C9H15N. The van der Waals surface area contributed by atoms with Crippen molar-refractivity contribution in [3.8, 4) is 0 Å². The van der Waals surface area contributed by atoms with Crippen LogP contribution < -0.4 is 0 Å². The van der Waals surface area contributed by atoms with Gasteiger partial charge in [-0.3, -0.25) is 0 Å². The van der Waals surface area contributed by atoms with Crippen molar-refractivity contribution >= 4 is 0 Å². The Labute approximate surface area is 63.3 Å². The molecule has 0 bridgehead atoms. The molecule has 1 aliphatic carbocycles. The zero-order valence-electron chi connectivity index (χ0n) is 6.69. The average Bonchev–Trinajstić information content (AvgIpc) is 1.89. The van der Waals surface area contributed by atoms with E-state index in [2.05, 4.69) is 11.8 Å². The summed E-state index contributed by atoms with van der Waals surface area (Å²) in [5.74, 6) is 0. The molecule has 0 heterocycles. The standard InChI is InChI=1S/C9H15N/c1-9(8-10-2)6-4-3-5-7-9/h3-8H2,1H3. The first kappa shape index (κ1) is 7.60. The van der Waals surface area contributed by atoms with Crippen molar-refractivity contribution in [2.45, 2.75) is 39.0 Å². The van der Waals surface area contributed by atoms with Crippen LogP contribution in [0, 0.1) is 12.0 Å². The SMILES string of the molecule is [C-]#[N+]CC1(C)CCCCC1. The summed E-state index contributed by atoms with van der Waals surface area (Å²) in [5, 5.41) is 0. The molecule has 1 fully saturated rings. The summed E-state index contributed by atoms with van der Waals surface area (Å²) in [5.41, 5.74) is 0.375. The predicted octanol–water partition coefficient (Wildman–Crippen LogP) is 2.88. The summed E-state index contributed by atoms with van der Waals surface area (Å²) >= 11 is 0. The Bertz CT molecular complexity index is 137. The van der Waals surface area contributed by atoms with Crippen molar-refractivity contribution in [3.05, 3.63) is 11.4 Å². The minimum Gasteiger partial charge on any atom is -0.316 e. The van der Waals surface area contributed by atoms with Gasteiger partial charge in [-0.25, -0.2) is 6.57 Å². The van der Waals surface area contributed by atoms with Gasteiger partial charge in [-0.2, -0.15) is 0 Å². The topological polar surface area (TPSA) is 4.36 Å². The van der Waals surface area contributed by atoms with Gasteiger partial charge in [0.2, 0.25) is 6.54 Å². The Hall–Kier alpha value is -0.510. The molecule has 0 aromatic rings. The van der Waals surface area contributed by atoms with Crippen LogP contribution >= 0.6 is 0 Å². The summed E-state index contributed by atoms with van der Waals surface area (Å²) in [4.78, 5) is 3.48. The smallest absolute Gasteiger partial charge is 0.219 e. The molecule has 1 rings (SSSR count). The molecule has 0 saturated heterocycles. The molecular weight excluding hydrogens is 122 g/mol. The summed E-state index contributed by atoms with van der Waals surface area (Å²) in [6, 6.07) is 0. The predicted molar refractivity (Wildman–Crippen MR) is 42.7 cm³/mol. The molecule has 0 radical (unpaired) electrons. The first-order valence-corrected chi connectivity index (χ1v) is 4.10. The molecule has 0 amide bonds. The Morgan fingerprint density at radius 3 is 2.40 bits per heavy atom. The molecule has 1 nitrogen and oxygen atoms in total. The van der Waals surface area contributed by atoms with Gasteiger partial charge in [0.15, 0.2) is 0 Å². The van der Waals surface area contributed by atoms with Gasteiger partial charge in [-0.1, -0.05) is 26.2 Å². The highest BCUT2D eigenvalue weighted by Gasteiger charge is 2.29. The van der Waals surface area contributed by atoms with E-state index in [9.17, 15) is 0 Å². The quantitative estimate of drug-likeness (QED) is 0.489. The van der Waals surface area contributed by atoms with Gasteiger partial charge >= 0.3 is 0 Å². The Morgan fingerprint density at radius 1 is 1.30 bits per heavy atom. The van der Waals surface area contributed by atoms with Crippen LogP contribution in [0.2, 0.25) is 0 Å². The van der Waals surface area contributed by atoms with Crippen molar-refractivity contribution in [3.63, 3.8) is 0 Å². The lowest BCUT2D eigenvalue weighted by Gasteiger charge is -2.28. The van der Waals surface area contributed by atoms with Crippen LogP contribution in [-0.2, 0) is 0 Å². The van der Waals surface area contributed by atoms with Crippen molar-refractivity contribution < 1.29 is 0 Å². The second kappa shape index (κ2) is 3.05. The maximum atomic E-state index is 6.79. The minimum atomic E-state index is 0.375. The number of rotatable bonds is 1. The monoisotopic (exact) mass is 137 g/mol. The zero-order chi connectivity index (χ0) is 7.45. The molecule has 0 aromatic heterocycles. The lowest BCUT2D eigenvalue weighted by molar-refractivity contribution is 0.239. The third kappa shape index (κ3) is 1.73. The molecule has 1 aliphatic rings. The highest BCUT2D eigenvalue weighted by atomic mass is 14.7. The molecule has 0 spiro atoms. The van der Waals surface area contributed by atoms with Gasteiger partial charge < -0.3 is 4.85 Å². The maximum Gasteiger partial charge on any atom is 0.219 e. The molecule has 0 unspecified atom stereocenters. The number of hydrogen-bond donors (Lipinski definition) is 0. The lowest BCUT2D eigenvalue weighted by Crippen LogP contribution is -2.22. The average molecular weight is 137 g/mol. The van der Waals surface area contributed by atoms with Gasteiger partial charge in [0.1, 0.15) is 0 Å². The number of nitrogens with zero attached hydrogens (tertiary/aromatic N) is 1. The van der Waals surface area contributed by atoms with Crippen LogP contribution in [0.5, 0.6) is 0 Å². The first-order chi connectivity index (χ1) is 4.77. The summed E-state index contributed by atoms with van der Waals surface area (Å²) < 4.78 is 0. The zero-order valence-corrected chi connectivity index (χ0v) is 6.69. The summed E-state index contributed by atoms with van der Waals surface area (Å²) in [6.45, 7) is 9.79. The maximum absolute atomic E-state index is 6.79. The van der Waals surface area contributed by atoms with E-state index in [1.54, 1.807) is 0 Å². The van der Waals surface area contributed by atoms with Crippen LogP contribution in [0.15, 0.2) is 0 Å². The van der Waals surface area contributed by atoms with Crippen LogP contribution in [0.3, 0.4) is 0 Å². The van der Waals surface area contributed by atoms with Crippen LogP contribution in [0.4, 0.5) is 0 Å². The molecule has 0 N–H and O–H groups in total. The first-order valence-electron chi connectivity index (χ1n) is 4.10. The Morgan fingerprint density at radius 2 is 1.90 bits per heavy atom. The summed E-state index contributed by atoms with van der Waals surface area (Å²) in [7, 11) is 0. The van der Waals surface area contributed by atoms with Crippen molar-refractivity contribution in [2.75, 3.05) is 6.54 Å². The van der Waals surface area contributed by atoms with Gasteiger partial charge in [0.05, 0.1) is 0 Å². The molecule has 56 valence electrons. The molecule has 0 atom stereocenters. The van der Waals surface area contributed by atoms with Crippen LogP contribution in [-0.4, -0.2) is 6.54 Å². The summed E-state index contributed by atoms with van der Waals surface area (Å²) in [6.07, 6.45) is 6.61. The normalized spacial score (nSPS) is 23.6. The molecule has 1 heteroatoms. The Kier molecular flexibility index (Phi) is 2.32. The molecule has 1 saturated carbocycles. The minimum absolute atomic E-state index is 0.375. The van der Waals surface area contributed by atoms with Gasteiger partial charge in [-0.15, -0.1) is 0 Å². The van der Waals surface area contributed by atoms with Crippen molar-refractivity contribution in [2.24, 2.45) is 5.41 Å². The molecule has 0 aliphatic heterocycles. The van der Waals surface area contributed by atoms with Gasteiger partial charge in [0, 0.05) is 5.41 Å². The Balaban J connectivity index is 2.42. The van der Waals surface area contributed by atoms with E-state index < -0.39 is 0 Å². The second-order valence-corrected chi connectivity index (χ2v) is 3.69. The highest BCUT2D eigenvalue weighted by Crippen LogP contribution is 2.35. The number of hydrogen-bond acceptors (Lipinski definition) is 0. The van der Waals surface area contributed by atoms with Crippen molar-refractivity contribution in [1.29, 1.82) is 0 Å². The third-order valence-corrected chi connectivity index (χ3v) is 2.52. The fraction of sp³-hybridized carbons (Fsp3) is 0.889. The molecule has 0 aromatic carbocycles. The van der Waals surface area contributed by atoms with Crippen LogP contribution in [0.1, 0.15) is 39.0 Å². The lowest BCUT2D eigenvalue weighted by atomic mass is 9.76. The van der Waals surface area contributed by atoms with E-state index in [0.29, 0.717) is 5.41 Å². The van der Waals surface area contributed by atoms with E-state index in [0.717, 1.165) is 6.54 Å². The molecule has 10 heavy (non-hydrogen) atoms.